The molecule has 0 saturated heterocycles. The lowest BCUT2D eigenvalue weighted by atomic mass is 10.1. The van der Waals surface area contributed by atoms with Crippen LogP contribution >= 0.6 is 0 Å². The lowest BCUT2D eigenvalue weighted by Crippen LogP contribution is -2.29. The van der Waals surface area contributed by atoms with Gasteiger partial charge in [-0.3, -0.25) is 4.31 Å². The van der Waals surface area contributed by atoms with Gasteiger partial charge in [0.05, 0.1) is 10.6 Å². The molecular weight excluding hydrogens is 289 g/mol. The fraction of sp³-hybridized carbons (Fsp3) is 0.250. The summed E-state index contributed by atoms with van der Waals surface area (Å²) in [7, 11) is -3.64. The zero-order valence-electron chi connectivity index (χ0n) is 11.9. The molecule has 21 heavy (non-hydrogen) atoms. The quantitative estimate of drug-likeness (QED) is 0.854. The molecule has 0 aromatic heterocycles. The number of anilines is 1. The Morgan fingerprint density at radius 3 is 2.52 bits per heavy atom. The highest BCUT2D eigenvalue weighted by atomic mass is 32.2. The van der Waals surface area contributed by atoms with Crippen LogP contribution in [0.5, 0.6) is 0 Å². The van der Waals surface area contributed by atoms with E-state index < -0.39 is 15.8 Å². The van der Waals surface area contributed by atoms with Gasteiger partial charge in [0.1, 0.15) is 5.82 Å². The minimum atomic E-state index is -3.64. The first-order chi connectivity index (χ1) is 9.89. The second kappa shape index (κ2) is 4.84. The van der Waals surface area contributed by atoms with Crippen molar-refractivity contribution in [2.45, 2.75) is 25.2 Å². The summed E-state index contributed by atoms with van der Waals surface area (Å²) in [6.45, 7) is 4.17. The van der Waals surface area contributed by atoms with Crippen molar-refractivity contribution in [1.29, 1.82) is 0 Å². The maximum Gasteiger partial charge on any atom is 0.264 e. The van der Waals surface area contributed by atoms with Gasteiger partial charge in [-0.05, 0) is 61.2 Å². The molecule has 3 rings (SSSR count). The lowest BCUT2D eigenvalue weighted by molar-refractivity contribution is 0.592. The molecule has 3 nitrogen and oxygen atoms in total. The molecule has 0 fully saturated rings. The molecule has 1 aliphatic rings. The first kappa shape index (κ1) is 14.1. The largest absolute Gasteiger partial charge is 0.266 e. The number of hydrogen-bond donors (Lipinski definition) is 0. The van der Waals surface area contributed by atoms with Gasteiger partial charge >= 0.3 is 0 Å². The van der Waals surface area contributed by atoms with Crippen LogP contribution < -0.4 is 4.31 Å². The summed E-state index contributed by atoms with van der Waals surface area (Å²) in [5.41, 5.74) is 3.29. The van der Waals surface area contributed by atoms with Crippen LogP contribution in [0, 0.1) is 19.7 Å². The number of benzene rings is 2. The van der Waals surface area contributed by atoms with Gasteiger partial charge in [-0.25, -0.2) is 12.8 Å². The van der Waals surface area contributed by atoms with Crippen LogP contribution in [0.2, 0.25) is 0 Å². The molecule has 0 amide bonds. The number of fused-ring (bicyclic) bond motifs is 1. The van der Waals surface area contributed by atoms with Crippen LogP contribution in [0.1, 0.15) is 16.7 Å². The monoisotopic (exact) mass is 305 g/mol. The number of aryl methyl sites for hydroxylation is 2. The van der Waals surface area contributed by atoms with E-state index in [-0.39, 0.29) is 4.90 Å². The molecule has 1 aliphatic heterocycles. The van der Waals surface area contributed by atoms with E-state index >= 15 is 0 Å². The van der Waals surface area contributed by atoms with Gasteiger partial charge in [0.15, 0.2) is 0 Å². The Hall–Kier alpha value is -1.88. The Kier molecular flexibility index (Phi) is 3.24. The molecule has 110 valence electrons. The van der Waals surface area contributed by atoms with Gasteiger partial charge in [-0.15, -0.1) is 0 Å². The second-order valence-electron chi connectivity index (χ2n) is 5.35. The maximum absolute atomic E-state index is 13.4. The normalized spacial score (nSPS) is 14.3. The highest BCUT2D eigenvalue weighted by Gasteiger charge is 2.31. The van der Waals surface area contributed by atoms with Gasteiger partial charge < -0.3 is 0 Å². The summed E-state index contributed by atoms with van der Waals surface area (Å²) in [4.78, 5) is 0.253. The van der Waals surface area contributed by atoms with Crippen LogP contribution in [0.4, 0.5) is 10.1 Å². The molecule has 1 heterocycles. The third kappa shape index (κ3) is 2.31. The fourth-order valence-electron chi connectivity index (χ4n) is 2.57. The molecule has 2 aromatic carbocycles. The van der Waals surface area contributed by atoms with Crippen LogP contribution in [0.15, 0.2) is 41.3 Å². The van der Waals surface area contributed by atoms with E-state index in [0.717, 1.165) is 16.7 Å². The van der Waals surface area contributed by atoms with Gasteiger partial charge in [-0.1, -0.05) is 12.1 Å². The van der Waals surface area contributed by atoms with Gasteiger partial charge in [0.25, 0.3) is 10.0 Å². The average molecular weight is 305 g/mol. The minimum Gasteiger partial charge on any atom is -0.266 e. The predicted octanol–water partition coefficient (Wildman–Crippen LogP) is 3.19. The third-order valence-electron chi connectivity index (χ3n) is 3.97. The van der Waals surface area contributed by atoms with E-state index in [0.29, 0.717) is 18.7 Å². The number of rotatable bonds is 2. The summed E-state index contributed by atoms with van der Waals surface area (Å²) in [6.07, 6.45) is 0.611. The molecule has 0 N–H and O–H groups in total. The standard InChI is InChI=1S/C16H16FNO2S/c1-11-3-6-15(9-12(11)2)21(19,20)18-8-7-13-4-5-14(17)10-16(13)18/h3-6,9-10H,7-8H2,1-2H3. The number of sulfonamides is 1. The van der Waals surface area contributed by atoms with Crippen molar-refractivity contribution in [2.24, 2.45) is 0 Å². The number of nitrogens with zero attached hydrogens (tertiary/aromatic N) is 1. The van der Waals surface area contributed by atoms with Crippen LogP contribution in [0.25, 0.3) is 0 Å². The maximum atomic E-state index is 13.4. The van der Waals surface area contributed by atoms with E-state index in [4.69, 9.17) is 0 Å². The van der Waals surface area contributed by atoms with Crippen molar-refractivity contribution in [3.63, 3.8) is 0 Å². The number of halogens is 1. The SMILES string of the molecule is Cc1ccc(S(=O)(=O)N2CCc3ccc(F)cc32)cc1C. The zero-order chi connectivity index (χ0) is 15.2. The molecular formula is C16H16FNO2S. The molecule has 0 aliphatic carbocycles. The van der Waals surface area contributed by atoms with E-state index in [9.17, 15) is 12.8 Å². The van der Waals surface area contributed by atoms with E-state index in [1.165, 1.54) is 16.4 Å². The third-order valence-corrected chi connectivity index (χ3v) is 5.78. The average Bonchev–Trinajstić information content (AvgIpc) is 2.85. The second-order valence-corrected chi connectivity index (χ2v) is 7.21. The van der Waals surface area contributed by atoms with Crippen molar-refractivity contribution in [3.05, 3.63) is 58.9 Å². The minimum absolute atomic E-state index is 0.253. The highest BCUT2D eigenvalue weighted by molar-refractivity contribution is 7.92. The Morgan fingerprint density at radius 1 is 1.05 bits per heavy atom. The van der Waals surface area contributed by atoms with Crippen LogP contribution in [-0.4, -0.2) is 15.0 Å². The van der Waals surface area contributed by atoms with Crippen LogP contribution in [0.3, 0.4) is 0 Å². The lowest BCUT2D eigenvalue weighted by Gasteiger charge is -2.20. The van der Waals surface area contributed by atoms with Crippen LogP contribution in [-0.2, 0) is 16.4 Å². The van der Waals surface area contributed by atoms with Crippen molar-refractivity contribution in [3.8, 4) is 0 Å². The summed E-state index contributed by atoms with van der Waals surface area (Å²) in [5, 5.41) is 0. The van der Waals surface area contributed by atoms with E-state index in [2.05, 4.69) is 0 Å². The van der Waals surface area contributed by atoms with Gasteiger partial charge in [0.2, 0.25) is 0 Å². The summed E-state index contributed by atoms with van der Waals surface area (Å²) in [6, 6.07) is 9.38. The topological polar surface area (TPSA) is 37.4 Å². The molecule has 0 bridgehead atoms. The zero-order valence-corrected chi connectivity index (χ0v) is 12.7. The highest BCUT2D eigenvalue weighted by Crippen LogP contribution is 2.33. The Bertz CT molecular complexity index is 815. The predicted molar refractivity (Wildman–Crippen MR) is 80.6 cm³/mol. The fourth-order valence-corrected chi connectivity index (χ4v) is 4.16. The van der Waals surface area contributed by atoms with Gasteiger partial charge in [-0.2, -0.15) is 0 Å². The molecule has 0 spiro atoms. The molecule has 2 aromatic rings. The smallest absolute Gasteiger partial charge is 0.264 e. The first-order valence-corrected chi connectivity index (χ1v) is 8.22. The summed E-state index contributed by atoms with van der Waals surface area (Å²) >= 11 is 0. The Labute approximate surface area is 124 Å². The molecule has 5 heteroatoms. The van der Waals surface area contributed by atoms with Crippen molar-refractivity contribution in [2.75, 3.05) is 10.8 Å². The molecule has 0 atom stereocenters. The van der Waals surface area contributed by atoms with Crippen molar-refractivity contribution in [1.82, 2.24) is 0 Å². The van der Waals surface area contributed by atoms with Crippen molar-refractivity contribution < 1.29 is 12.8 Å². The van der Waals surface area contributed by atoms with Crippen molar-refractivity contribution >= 4 is 15.7 Å². The molecule has 0 saturated carbocycles. The summed E-state index contributed by atoms with van der Waals surface area (Å²) < 4.78 is 40.3. The Balaban J connectivity index is 2.09. The molecule has 0 radical (unpaired) electrons. The summed E-state index contributed by atoms with van der Waals surface area (Å²) in [5.74, 6) is -0.420. The Morgan fingerprint density at radius 2 is 1.81 bits per heavy atom. The van der Waals surface area contributed by atoms with E-state index in [1.807, 2.05) is 13.8 Å². The first-order valence-electron chi connectivity index (χ1n) is 6.78. The number of hydrogen-bond acceptors (Lipinski definition) is 2. The molecule has 0 unspecified atom stereocenters. The van der Waals surface area contributed by atoms with Gasteiger partial charge in [0, 0.05) is 6.54 Å². The van der Waals surface area contributed by atoms with E-state index in [1.54, 1.807) is 24.3 Å².